The van der Waals surface area contributed by atoms with Crippen LogP contribution in [0, 0.1) is 5.82 Å². The molecule has 0 aliphatic rings. The van der Waals surface area contributed by atoms with Crippen LogP contribution in [0.5, 0.6) is 0 Å². The van der Waals surface area contributed by atoms with Crippen LogP contribution in [0.4, 0.5) is 4.39 Å². The number of hydrogen-bond acceptors (Lipinski definition) is 4. The monoisotopic (exact) mass is 269 g/mol. The van der Waals surface area contributed by atoms with Crippen LogP contribution in [0.2, 0.25) is 0 Å². The molecule has 0 saturated heterocycles. The highest BCUT2D eigenvalue weighted by Crippen LogP contribution is 2.08. The average Bonchev–Trinajstić information content (AvgIpc) is 2.42. The molecule has 0 aromatic heterocycles. The third-order valence-electron chi connectivity index (χ3n) is 2.76. The molecule has 0 saturated carbocycles. The summed E-state index contributed by atoms with van der Waals surface area (Å²) < 4.78 is 23.5. The number of Topliss-reactive ketones (excluding diaryl/α,β-unsaturated/α-hetero) is 1. The summed E-state index contributed by atoms with van der Waals surface area (Å²) in [6.45, 7) is 2.43. The summed E-state index contributed by atoms with van der Waals surface area (Å²) in [4.78, 5) is 13.9. The molecule has 1 aromatic carbocycles. The summed E-state index contributed by atoms with van der Waals surface area (Å²) in [6.07, 6.45) is 0. The van der Waals surface area contributed by atoms with Gasteiger partial charge in [0.05, 0.1) is 25.3 Å². The van der Waals surface area contributed by atoms with Gasteiger partial charge in [0.2, 0.25) is 0 Å². The predicted octanol–water partition coefficient (Wildman–Crippen LogP) is 1.60. The van der Waals surface area contributed by atoms with Gasteiger partial charge < -0.3 is 9.47 Å². The van der Waals surface area contributed by atoms with Crippen molar-refractivity contribution >= 4 is 5.78 Å². The van der Waals surface area contributed by atoms with E-state index in [2.05, 4.69) is 0 Å². The Bertz CT molecular complexity index is 390. The van der Waals surface area contributed by atoms with Gasteiger partial charge in [-0.15, -0.1) is 0 Å². The number of methoxy groups -OCH3 is 2. The molecule has 1 aromatic rings. The molecule has 1 rings (SSSR count). The Morgan fingerprint density at radius 1 is 1.16 bits per heavy atom. The van der Waals surface area contributed by atoms with Gasteiger partial charge in [-0.3, -0.25) is 9.69 Å². The van der Waals surface area contributed by atoms with Crippen molar-refractivity contribution in [3.05, 3.63) is 35.6 Å². The molecule has 0 atom stereocenters. The molecule has 0 N–H and O–H groups in total. The third kappa shape index (κ3) is 5.46. The lowest BCUT2D eigenvalue weighted by atomic mass is 10.1. The number of benzene rings is 1. The number of rotatable bonds is 9. The van der Waals surface area contributed by atoms with Crippen molar-refractivity contribution in [2.75, 3.05) is 47.1 Å². The number of ether oxygens (including phenoxy) is 2. The summed E-state index contributed by atoms with van der Waals surface area (Å²) in [5.74, 6) is -0.712. The number of hydrogen-bond donors (Lipinski definition) is 0. The highest BCUT2D eigenvalue weighted by molar-refractivity contribution is 5.97. The summed E-state index contributed by atoms with van der Waals surface area (Å²) in [7, 11) is 3.21. The topological polar surface area (TPSA) is 38.8 Å². The minimum absolute atomic E-state index is 0.127. The SMILES string of the molecule is COCCN(CCOC)CC(=O)c1ccccc1F. The minimum atomic E-state index is -0.481. The first-order valence-electron chi connectivity index (χ1n) is 6.17. The first-order valence-corrected chi connectivity index (χ1v) is 6.17. The zero-order valence-electron chi connectivity index (χ0n) is 11.4. The quantitative estimate of drug-likeness (QED) is 0.638. The normalized spacial score (nSPS) is 10.9. The van der Waals surface area contributed by atoms with Crippen molar-refractivity contribution in [3.63, 3.8) is 0 Å². The van der Waals surface area contributed by atoms with Crippen molar-refractivity contribution in [1.29, 1.82) is 0 Å². The lowest BCUT2D eigenvalue weighted by Crippen LogP contribution is -2.35. The lowest BCUT2D eigenvalue weighted by Gasteiger charge is -2.20. The molecule has 0 aliphatic heterocycles. The third-order valence-corrected chi connectivity index (χ3v) is 2.76. The van der Waals surface area contributed by atoms with Crippen molar-refractivity contribution in [2.45, 2.75) is 0 Å². The van der Waals surface area contributed by atoms with E-state index >= 15 is 0 Å². The van der Waals surface area contributed by atoms with E-state index in [4.69, 9.17) is 9.47 Å². The largest absolute Gasteiger partial charge is 0.383 e. The van der Waals surface area contributed by atoms with Crippen LogP contribution in [-0.2, 0) is 9.47 Å². The van der Waals surface area contributed by atoms with E-state index < -0.39 is 5.82 Å². The van der Waals surface area contributed by atoms with E-state index in [1.807, 2.05) is 4.90 Å². The van der Waals surface area contributed by atoms with Gasteiger partial charge >= 0.3 is 0 Å². The molecule has 0 fully saturated rings. The van der Waals surface area contributed by atoms with Crippen LogP contribution in [-0.4, -0.2) is 57.8 Å². The van der Waals surface area contributed by atoms with E-state index in [1.165, 1.54) is 12.1 Å². The molecule has 0 radical (unpaired) electrons. The van der Waals surface area contributed by atoms with Crippen LogP contribution < -0.4 is 0 Å². The fraction of sp³-hybridized carbons (Fsp3) is 0.500. The highest BCUT2D eigenvalue weighted by atomic mass is 19.1. The lowest BCUT2D eigenvalue weighted by molar-refractivity contribution is 0.0834. The zero-order valence-corrected chi connectivity index (χ0v) is 11.4. The number of halogens is 1. The van der Waals surface area contributed by atoms with E-state index in [0.717, 1.165) is 0 Å². The Kier molecular flexibility index (Phi) is 7.25. The Balaban J connectivity index is 2.61. The first-order chi connectivity index (χ1) is 9.19. The molecule has 19 heavy (non-hydrogen) atoms. The maximum Gasteiger partial charge on any atom is 0.179 e. The predicted molar refractivity (Wildman–Crippen MR) is 70.9 cm³/mol. The standard InChI is InChI=1S/C14H20FNO3/c1-18-9-7-16(8-10-19-2)11-14(17)12-5-3-4-6-13(12)15/h3-6H,7-11H2,1-2H3. The van der Waals surface area contributed by atoms with Crippen molar-refractivity contribution in [3.8, 4) is 0 Å². The van der Waals surface area contributed by atoms with Gasteiger partial charge in [0, 0.05) is 27.3 Å². The van der Waals surface area contributed by atoms with E-state index in [9.17, 15) is 9.18 Å². The van der Waals surface area contributed by atoms with E-state index in [0.29, 0.717) is 26.3 Å². The Labute approximate surface area is 113 Å². The molecule has 4 nitrogen and oxygen atoms in total. The number of carbonyl (C=O) groups excluding carboxylic acids is 1. The number of carbonyl (C=O) groups is 1. The van der Waals surface area contributed by atoms with Crippen LogP contribution in [0.15, 0.2) is 24.3 Å². The molecule has 0 unspecified atom stereocenters. The summed E-state index contributed by atoms with van der Waals surface area (Å²) in [5.41, 5.74) is 0.127. The van der Waals surface area contributed by atoms with Gasteiger partial charge in [-0.05, 0) is 12.1 Å². The molecule has 0 aliphatic carbocycles. The molecule has 0 bridgehead atoms. The van der Waals surface area contributed by atoms with Gasteiger partial charge in [-0.25, -0.2) is 4.39 Å². The summed E-state index contributed by atoms with van der Waals surface area (Å²) >= 11 is 0. The maximum absolute atomic E-state index is 13.5. The number of nitrogens with zero attached hydrogens (tertiary/aromatic N) is 1. The van der Waals surface area contributed by atoms with Crippen molar-refractivity contribution in [2.24, 2.45) is 0 Å². The molecular weight excluding hydrogens is 249 g/mol. The Morgan fingerprint density at radius 2 is 1.74 bits per heavy atom. The van der Waals surface area contributed by atoms with Gasteiger partial charge in [0.15, 0.2) is 5.78 Å². The van der Waals surface area contributed by atoms with Gasteiger partial charge in [-0.1, -0.05) is 12.1 Å². The first kappa shape index (κ1) is 15.8. The molecule has 106 valence electrons. The van der Waals surface area contributed by atoms with Crippen molar-refractivity contribution < 1.29 is 18.7 Å². The minimum Gasteiger partial charge on any atom is -0.383 e. The van der Waals surface area contributed by atoms with Crippen molar-refractivity contribution in [1.82, 2.24) is 4.90 Å². The number of ketones is 1. The Hall–Kier alpha value is -1.30. The average molecular weight is 269 g/mol. The second-order valence-corrected chi connectivity index (χ2v) is 4.16. The van der Waals surface area contributed by atoms with Gasteiger partial charge in [0.1, 0.15) is 5.82 Å². The van der Waals surface area contributed by atoms with Crippen LogP contribution in [0.25, 0.3) is 0 Å². The highest BCUT2D eigenvalue weighted by Gasteiger charge is 2.15. The van der Waals surface area contributed by atoms with E-state index in [-0.39, 0.29) is 17.9 Å². The van der Waals surface area contributed by atoms with Crippen LogP contribution in [0.1, 0.15) is 10.4 Å². The van der Waals surface area contributed by atoms with Crippen LogP contribution >= 0.6 is 0 Å². The van der Waals surface area contributed by atoms with Gasteiger partial charge in [0.25, 0.3) is 0 Å². The fourth-order valence-electron chi connectivity index (χ4n) is 1.69. The smallest absolute Gasteiger partial charge is 0.179 e. The second-order valence-electron chi connectivity index (χ2n) is 4.16. The van der Waals surface area contributed by atoms with Crippen LogP contribution in [0.3, 0.4) is 0 Å². The molecule has 5 heteroatoms. The van der Waals surface area contributed by atoms with E-state index in [1.54, 1.807) is 26.4 Å². The second kappa shape index (κ2) is 8.74. The zero-order chi connectivity index (χ0) is 14.1. The Morgan fingerprint density at radius 3 is 2.26 bits per heavy atom. The summed E-state index contributed by atoms with van der Waals surface area (Å²) in [6, 6.07) is 6.02. The molecular formula is C14H20FNO3. The molecule has 0 heterocycles. The molecule has 0 spiro atoms. The molecule has 0 amide bonds. The maximum atomic E-state index is 13.5. The fourth-order valence-corrected chi connectivity index (χ4v) is 1.69. The summed E-state index contributed by atoms with van der Waals surface area (Å²) in [5, 5.41) is 0. The van der Waals surface area contributed by atoms with Gasteiger partial charge in [-0.2, -0.15) is 0 Å².